The molecule has 1 aromatic rings. The highest BCUT2D eigenvalue weighted by Gasteiger charge is 2.00. The number of sulfonamides is 1. The molecule has 0 aliphatic carbocycles. The van der Waals surface area contributed by atoms with Gasteiger partial charge in [0.1, 0.15) is 0 Å². The van der Waals surface area contributed by atoms with E-state index in [4.69, 9.17) is 0 Å². The molecule has 20 heavy (non-hydrogen) atoms. The molecule has 0 fully saturated rings. The van der Waals surface area contributed by atoms with Crippen molar-refractivity contribution in [3.8, 4) is 0 Å². The van der Waals surface area contributed by atoms with Gasteiger partial charge in [-0.2, -0.15) is 0 Å². The number of hydrogen-bond donors (Lipinski definition) is 3. The molecule has 116 valence electrons. The Morgan fingerprint density at radius 3 is 2.65 bits per heavy atom. The fourth-order valence-corrected chi connectivity index (χ4v) is 2.52. The van der Waals surface area contributed by atoms with E-state index in [0.29, 0.717) is 25.5 Å². The van der Waals surface area contributed by atoms with Crippen LogP contribution < -0.4 is 15.4 Å². The van der Waals surface area contributed by atoms with Crippen LogP contribution in [0, 0.1) is 0 Å². The molecule has 9 heteroatoms. The van der Waals surface area contributed by atoms with Crippen molar-refractivity contribution in [2.75, 3.05) is 26.4 Å². The second-order valence-electron chi connectivity index (χ2n) is 3.95. The second kappa shape index (κ2) is 10.4. The number of hydrogen-bond acceptors (Lipinski definition) is 4. The van der Waals surface area contributed by atoms with Crippen molar-refractivity contribution in [3.05, 3.63) is 22.4 Å². The van der Waals surface area contributed by atoms with E-state index in [-0.39, 0.29) is 24.0 Å². The van der Waals surface area contributed by atoms with Crippen molar-refractivity contribution in [2.45, 2.75) is 13.0 Å². The lowest BCUT2D eigenvalue weighted by atomic mass is 10.4. The van der Waals surface area contributed by atoms with E-state index in [0.717, 1.165) is 12.8 Å². The molecule has 1 aromatic heterocycles. The minimum Gasteiger partial charge on any atom is -0.356 e. The van der Waals surface area contributed by atoms with Gasteiger partial charge in [-0.3, -0.25) is 4.99 Å². The first-order valence-electron chi connectivity index (χ1n) is 5.93. The first-order valence-corrected chi connectivity index (χ1v) is 8.70. The van der Waals surface area contributed by atoms with Gasteiger partial charge in [-0.1, -0.05) is 6.07 Å². The lowest BCUT2D eigenvalue weighted by Gasteiger charge is -2.11. The molecule has 0 atom stereocenters. The molecule has 0 aliphatic rings. The molecule has 0 saturated heterocycles. The van der Waals surface area contributed by atoms with Crippen LogP contribution in [0.5, 0.6) is 0 Å². The third kappa shape index (κ3) is 9.50. The lowest BCUT2D eigenvalue weighted by molar-refractivity contribution is 0.584. The largest absolute Gasteiger partial charge is 0.356 e. The standard InChI is InChI=1S/C11H20N4O2S2.HI/c1-12-11(14-9-10-5-3-8-18-10)13-6-4-7-15-19(2,16)17;/h3,5,8,15H,4,6-7,9H2,1-2H3,(H2,12,13,14);1H. The smallest absolute Gasteiger partial charge is 0.208 e. The Morgan fingerprint density at radius 2 is 2.10 bits per heavy atom. The minimum absolute atomic E-state index is 0. The summed E-state index contributed by atoms with van der Waals surface area (Å²) >= 11 is 1.69. The van der Waals surface area contributed by atoms with E-state index in [9.17, 15) is 8.42 Å². The number of nitrogens with zero attached hydrogens (tertiary/aromatic N) is 1. The summed E-state index contributed by atoms with van der Waals surface area (Å²) < 4.78 is 24.1. The highest BCUT2D eigenvalue weighted by molar-refractivity contribution is 14.0. The van der Waals surface area contributed by atoms with Crippen molar-refractivity contribution in [1.29, 1.82) is 0 Å². The fraction of sp³-hybridized carbons (Fsp3) is 0.545. The van der Waals surface area contributed by atoms with E-state index in [1.54, 1.807) is 18.4 Å². The maximum absolute atomic E-state index is 10.9. The Morgan fingerprint density at radius 1 is 1.35 bits per heavy atom. The summed E-state index contributed by atoms with van der Waals surface area (Å²) in [6.45, 7) is 1.82. The molecule has 0 aromatic carbocycles. The number of aliphatic imine (C=N–C) groups is 1. The topological polar surface area (TPSA) is 82.6 Å². The summed E-state index contributed by atoms with van der Waals surface area (Å²) in [5.41, 5.74) is 0. The molecule has 0 saturated carbocycles. The van der Waals surface area contributed by atoms with Crippen LogP contribution in [0.15, 0.2) is 22.5 Å². The van der Waals surface area contributed by atoms with Crippen molar-refractivity contribution in [3.63, 3.8) is 0 Å². The van der Waals surface area contributed by atoms with Crippen LogP contribution >= 0.6 is 35.3 Å². The normalized spacial score (nSPS) is 11.8. The zero-order valence-electron chi connectivity index (χ0n) is 11.5. The molecule has 0 radical (unpaired) electrons. The first-order chi connectivity index (χ1) is 9.01. The van der Waals surface area contributed by atoms with Crippen molar-refractivity contribution in [2.24, 2.45) is 4.99 Å². The molecular weight excluding hydrogens is 411 g/mol. The number of thiophene rings is 1. The highest BCUT2D eigenvalue weighted by Crippen LogP contribution is 2.06. The van der Waals surface area contributed by atoms with Gasteiger partial charge in [0.05, 0.1) is 12.8 Å². The van der Waals surface area contributed by atoms with Gasteiger partial charge < -0.3 is 10.6 Å². The molecule has 6 nitrogen and oxygen atoms in total. The van der Waals surface area contributed by atoms with Crippen LogP contribution in [-0.4, -0.2) is 40.8 Å². The Bertz CT molecular complexity index is 489. The maximum Gasteiger partial charge on any atom is 0.208 e. The van der Waals surface area contributed by atoms with Crippen LogP contribution in [0.25, 0.3) is 0 Å². The van der Waals surface area contributed by atoms with Gasteiger partial charge in [-0.05, 0) is 17.9 Å². The summed E-state index contributed by atoms with van der Waals surface area (Å²) in [6, 6.07) is 4.07. The van der Waals surface area contributed by atoms with E-state index in [1.807, 2.05) is 11.4 Å². The zero-order chi connectivity index (χ0) is 14.1. The number of halogens is 1. The Balaban J connectivity index is 0.00000361. The van der Waals surface area contributed by atoms with Gasteiger partial charge in [0.2, 0.25) is 10.0 Å². The fourth-order valence-electron chi connectivity index (χ4n) is 1.36. The lowest BCUT2D eigenvalue weighted by Crippen LogP contribution is -2.38. The summed E-state index contributed by atoms with van der Waals surface area (Å²) in [7, 11) is -1.39. The summed E-state index contributed by atoms with van der Waals surface area (Å²) in [5, 5.41) is 8.35. The van der Waals surface area contributed by atoms with Crippen LogP contribution in [0.3, 0.4) is 0 Å². The minimum atomic E-state index is -3.09. The first kappa shape index (κ1) is 19.6. The Labute approximate surface area is 141 Å². The molecule has 3 N–H and O–H groups in total. The van der Waals surface area contributed by atoms with Crippen LogP contribution in [-0.2, 0) is 16.6 Å². The molecule has 1 heterocycles. The van der Waals surface area contributed by atoms with Gasteiger partial charge in [-0.15, -0.1) is 35.3 Å². The average molecular weight is 432 g/mol. The second-order valence-corrected chi connectivity index (χ2v) is 6.82. The van der Waals surface area contributed by atoms with Gasteiger partial charge in [-0.25, -0.2) is 13.1 Å². The molecule has 0 aliphatic heterocycles. The predicted molar refractivity (Wildman–Crippen MR) is 95.4 cm³/mol. The quantitative estimate of drug-likeness (QED) is 0.260. The van der Waals surface area contributed by atoms with Gasteiger partial charge in [0.15, 0.2) is 5.96 Å². The van der Waals surface area contributed by atoms with Crippen molar-refractivity contribution < 1.29 is 8.42 Å². The van der Waals surface area contributed by atoms with E-state index >= 15 is 0 Å². The maximum atomic E-state index is 10.9. The van der Waals surface area contributed by atoms with Crippen molar-refractivity contribution in [1.82, 2.24) is 15.4 Å². The number of rotatable bonds is 7. The molecule has 0 bridgehead atoms. The number of nitrogens with one attached hydrogen (secondary N) is 3. The van der Waals surface area contributed by atoms with E-state index < -0.39 is 10.0 Å². The van der Waals surface area contributed by atoms with Crippen LogP contribution in [0.2, 0.25) is 0 Å². The Kier molecular flexibility index (Phi) is 10.2. The summed E-state index contributed by atoms with van der Waals surface area (Å²) in [5.74, 6) is 0.716. The summed E-state index contributed by atoms with van der Waals surface area (Å²) in [4.78, 5) is 5.33. The third-order valence-electron chi connectivity index (χ3n) is 2.24. The van der Waals surface area contributed by atoms with Crippen LogP contribution in [0.1, 0.15) is 11.3 Å². The van der Waals surface area contributed by atoms with Crippen LogP contribution in [0.4, 0.5) is 0 Å². The molecule has 1 rings (SSSR count). The molecule has 0 amide bonds. The Hall–Kier alpha value is -0.390. The summed E-state index contributed by atoms with van der Waals surface area (Å²) in [6.07, 6.45) is 1.86. The predicted octanol–water partition coefficient (Wildman–Crippen LogP) is 0.970. The highest BCUT2D eigenvalue weighted by atomic mass is 127. The van der Waals surface area contributed by atoms with Gasteiger partial charge in [0, 0.05) is 25.0 Å². The molecule has 0 unspecified atom stereocenters. The monoisotopic (exact) mass is 432 g/mol. The average Bonchev–Trinajstić information content (AvgIpc) is 2.84. The molecular formula is C11H21IN4O2S2. The zero-order valence-corrected chi connectivity index (χ0v) is 15.5. The number of guanidine groups is 1. The van der Waals surface area contributed by atoms with Crippen molar-refractivity contribution >= 4 is 51.3 Å². The third-order valence-corrected chi connectivity index (χ3v) is 3.85. The SMILES string of the molecule is CN=C(NCCCNS(C)(=O)=O)NCc1cccs1.I. The molecule has 0 spiro atoms. The van der Waals surface area contributed by atoms with E-state index in [1.165, 1.54) is 4.88 Å². The van der Waals surface area contributed by atoms with Gasteiger partial charge in [0.25, 0.3) is 0 Å². The van der Waals surface area contributed by atoms with Gasteiger partial charge >= 0.3 is 0 Å². The van der Waals surface area contributed by atoms with E-state index in [2.05, 4.69) is 26.4 Å².